The lowest BCUT2D eigenvalue weighted by atomic mass is 10.0. The summed E-state index contributed by atoms with van der Waals surface area (Å²) in [6, 6.07) is 8.46. The van der Waals surface area contributed by atoms with Crippen molar-refractivity contribution in [1.29, 1.82) is 0 Å². The zero-order valence-electron chi connectivity index (χ0n) is 11.9. The van der Waals surface area contributed by atoms with E-state index < -0.39 is 5.38 Å². The van der Waals surface area contributed by atoms with E-state index in [1.165, 1.54) is 6.07 Å². The molecule has 5 heteroatoms. The Morgan fingerprint density at radius 1 is 1.10 bits per heavy atom. The molecule has 112 valence electrons. The Hall–Kier alpha value is -1.26. The first-order chi connectivity index (χ1) is 9.97. The number of halogens is 3. The Balaban J connectivity index is 2.50. The van der Waals surface area contributed by atoms with Crippen molar-refractivity contribution in [1.82, 2.24) is 0 Å². The van der Waals surface area contributed by atoms with Crippen molar-refractivity contribution in [3.63, 3.8) is 0 Å². The van der Waals surface area contributed by atoms with Gasteiger partial charge in [-0.3, -0.25) is 0 Å². The average Bonchev–Trinajstić information content (AvgIpc) is 2.49. The monoisotopic (exact) mass is 372 g/mol. The van der Waals surface area contributed by atoms with Crippen LogP contribution in [0.2, 0.25) is 0 Å². The molecule has 0 radical (unpaired) electrons. The number of hydrogen-bond acceptors (Lipinski definition) is 2. The van der Waals surface area contributed by atoms with Gasteiger partial charge in [0.25, 0.3) is 0 Å². The number of hydrogen-bond donors (Lipinski definition) is 0. The number of alkyl halides is 1. The molecule has 0 heterocycles. The number of methoxy groups -OCH3 is 2. The van der Waals surface area contributed by atoms with Crippen LogP contribution in [0.4, 0.5) is 4.39 Å². The Morgan fingerprint density at radius 3 is 2.33 bits per heavy atom. The minimum Gasteiger partial charge on any atom is -0.496 e. The highest BCUT2D eigenvalue weighted by Gasteiger charge is 2.19. The predicted octanol–water partition coefficient (Wildman–Crippen LogP) is 5.24. The molecule has 0 aliphatic carbocycles. The van der Waals surface area contributed by atoms with Crippen LogP contribution in [0.15, 0.2) is 34.8 Å². The van der Waals surface area contributed by atoms with Crippen LogP contribution in [0.1, 0.15) is 22.1 Å². The molecule has 2 aromatic carbocycles. The van der Waals surface area contributed by atoms with Gasteiger partial charge in [-0.15, -0.1) is 11.6 Å². The summed E-state index contributed by atoms with van der Waals surface area (Å²) in [6.07, 6.45) is 0. The van der Waals surface area contributed by atoms with E-state index in [9.17, 15) is 4.39 Å². The van der Waals surface area contributed by atoms with Crippen LogP contribution >= 0.6 is 27.5 Å². The van der Waals surface area contributed by atoms with Crippen molar-refractivity contribution in [2.45, 2.75) is 12.3 Å². The van der Waals surface area contributed by atoms with Crippen molar-refractivity contribution >= 4 is 27.5 Å². The van der Waals surface area contributed by atoms with E-state index in [0.29, 0.717) is 17.1 Å². The molecule has 0 aromatic heterocycles. The summed E-state index contributed by atoms with van der Waals surface area (Å²) in [7, 11) is 3.17. The summed E-state index contributed by atoms with van der Waals surface area (Å²) in [5.41, 5.74) is 2.13. The zero-order valence-corrected chi connectivity index (χ0v) is 14.3. The van der Waals surface area contributed by atoms with Gasteiger partial charge in [0.1, 0.15) is 17.3 Å². The first-order valence-electron chi connectivity index (χ1n) is 6.29. The smallest absolute Gasteiger partial charge is 0.133 e. The van der Waals surface area contributed by atoms with E-state index in [2.05, 4.69) is 15.9 Å². The lowest BCUT2D eigenvalue weighted by molar-refractivity contribution is 0.397. The third-order valence-electron chi connectivity index (χ3n) is 3.25. The maximum Gasteiger partial charge on any atom is 0.133 e. The lowest BCUT2D eigenvalue weighted by Gasteiger charge is -2.17. The normalized spacial score (nSPS) is 12.1. The molecule has 0 bridgehead atoms. The van der Waals surface area contributed by atoms with Crippen LogP contribution in [-0.2, 0) is 0 Å². The van der Waals surface area contributed by atoms with Gasteiger partial charge in [0.15, 0.2) is 0 Å². The van der Waals surface area contributed by atoms with Crippen LogP contribution in [0.3, 0.4) is 0 Å². The summed E-state index contributed by atoms with van der Waals surface area (Å²) in [6.45, 7) is 1.71. The molecule has 2 nitrogen and oxygen atoms in total. The Bertz CT molecular complexity index is 661. The largest absolute Gasteiger partial charge is 0.496 e. The average molecular weight is 374 g/mol. The van der Waals surface area contributed by atoms with E-state index in [1.807, 2.05) is 6.07 Å². The molecular formula is C16H15BrClFO2. The minimum atomic E-state index is -0.457. The molecular weight excluding hydrogens is 359 g/mol. The molecule has 0 saturated carbocycles. The van der Waals surface area contributed by atoms with Crippen LogP contribution in [0.25, 0.3) is 0 Å². The van der Waals surface area contributed by atoms with E-state index in [4.69, 9.17) is 21.1 Å². The van der Waals surface area contributed by atoms with Crippen molar-refractivity contribution in [2.75, 3.05) is 14.2 Å². The molecule has 0 saturated heterocycles. The number of benzene rings is 2. The maximum atomic E-state index is 13.4. The lowest BCUT2D eigenvalue weighted by Crippen LogP contribution is -2.00. The van der Waals surface area contributed by atoms with Gasteiger partial charge in [-0.05, 0) is 52.2 Å². The molecule has 0 N–H and O–H groups in total. The molecule has 2 rings (SSSR count). The van der Waals surface area contributed by atoms with Gasteiger partial charge >= 0.3 is 0 Å². The van der Waals surface area contributed by atoms with Crippen molar-refractivity contribution in [2.24, 2.45) is 0 Å². The second-order valence-electron chi connectivity index (χ2n) is 4.60. The van der Waals surface area contributed by atoms with E-state index >= 15 is 0 Å². The van der Waals surface area contributed by atoms with Gasteiger partial charge in [-0.25, -0.2) is 4.39 Å². The molecule has 0 fully saturated rings. The summed E-state index contributed by atoms with van der Waals surface area (Å²) in [5, 5.41) is -0.457. The molecule has 1 unspecified atom stereocenters. The zero-order chi connectivity index (χ0) is 15.6. The molecule has 21 heavy (non-hydrogen) atoms. The van der Waals surface area contributed by atoms with Crippen LogP contribution in [0, 0.1) is 12.7 Å². The summed E-state index contributed by atoms with van der Waals surface area (Å²) in [5.74, 6) is 1.06. The fourth-order valence-electron chi connectivity index (χ4n) is 2.09. The highest BCUT2D eigenvalue weighted by Crippen LogP contribution is 2.41. The third-order valence-corrected chi connectivity index (χ3v) is 4.36. The first kappa shape index (κ1) is 16.1. The maximum absolute atomic E-state index is 13.4. The van der Waals surface area contributed by atoms with E-state index in [-0.39, 0.29) is 5.82 Å². The van der Waals surface area contributed by atoms with Crippen molar-refractivity contribution < 1.29 is 13.9 Å². The Kier molecular flexibility index (Phi) is 5.12. The van der Waals surface area contributed by atoms with Crippen LogP contribution in [-0.4, -0.2) is 14.2 Å². The van der Waals surface area contributed by atoms with Crippen LogP contribution in [0.5, 0.6) is 11.5 Å². The second-order valence-corrected chi connectivity index (χ2v) is 5.89. The SMILES string of the molecule is COc1cc(C(Cl)c2ccc(F)c(C)c2)c(OC)cc1Br. The molecule has 0 aliphatic heterocycles. The highest BCUT2D eigenvalue weighted by atomic mass is 79.9. The highest BCUT2D eigenvalue weighted by molar-refractivity contribution is 9.10. The van der Waals surface area contributed by atoms with Gasteiger partial charge in [-0.2, -0.15) is 0 Å². The molecule has 0 aliphatic rings. The van der Waals surface area contributed by atoms with E-state index in [1.54, 1.807) is 39.3 Å². The van der Waals surface area contributed by atoms with Gasteiger partial charge in [0.05, 0.1) is 24.1 Å². The standard InChI is InChI=1S/C16H15BrClFO2/c1-9-6-10(4-5-13(9)19)16(18)11-7-15(21-3)12(17)8-14(11)20-2/h4-8,16H,1-3H3. The molecule has 1 atom stereocenters. The fourth-order valence-corrected chi connectivity index (χ4v) is 2.88. The van der Waals surface area contributed by atoms with E-state index in [0.717, 1.165) is 15.6 Å². The number of ether oxygens (including phenoxy) is 2. The summed E-state index contributed by atoms with van der Waals surface area (Å²) >= 11 is 9.96. The minimum absolute atomic E-state index is 0.247. The third kappa shape index (κ3) is 3.33. The number of rotatable bonds is 4. The van der Waals surface area contributed by atoms with Crippen molar-refractivity contribution in [3.05, 3.63) is 57.3 Å². The summed E-state index contributed by atoms with van der Waals surface area (Å²) in [4.78, 5) is 0. The Labute approximate surface area is 137 Å². The molecule has 2 aromatic rings. The quantitative estimate of drug-likeness (QED) is 0.682. The number of aryl methyl sites for hydroxylation is 1. The molecule has 0 spiro atoms. The van der Waals surface area contributed by atoms with Crippen LogP contribution < -0.4 is 9.47 Å². The Morgan fingerprint density at radius 2 is 1.76 bits per heavy atom. The fraction of sp³-hybridized carbons (Fsp3) is 0.250. The first-order valence-corrected chi connectivity index (χ1v) is 7.52. The van der Waals surface area contributed by atoms with Gasteiger partial charge in [0, 0.05) is 5.56 Å². The van der Waals surface area contributed by atoms with Crippen molar-refractivity contribution in [3.8, 4) is 11.5 Å². The second kappa shape index (κ2) is 6.67. The van der Waals surface area contributed by atoms with Gasteiger partial charge in [0.2, 0.25) is 0 Å². The van der Waals surface area contributed by atoms with Gasteiger partial charge in [-0.1, -0.05) is 12.1 Å². The molecule has 0 amide bonds. The van der Waals surface area contributed by atoms with Gasteiger partial charge < -0.3 is 9.47 Å². The topological polar surface area (TPSA) is 18.5 Å². The predicted molar refractivity (Wildman–Crippen MR) is 86.1 cm³/mol. The summed E-state index contributed by atoms with van der Waals surface area (Å²) < 4.78 is 24.8.